The van der Waals surface area contributed by atoms with E-state index in [2.05, 4.69) is 6.07 Å². The molecule has 0 saturated carbocycles. The lowest BCUT2D eigenvalue weighted by Crippen LogP contribution is -2.27. The fourth-order valence-electron chi connectivity index (χ4n) is 1.75. The minimum absolute atomic E-state index is 0.218. The number of nitrogens with zero attached hydrogens (tertiary/aromatic N) is 2. The van der Waals surface area contributed by atoms with Gasteiger partial charge in [-0.1, -0.05) is 0 Å². The van der Waals surface area contributed by atoms with Gasteiger partial charge < -0.3 is 4.57 Å². The van der Waals surface area contributed by atoms with Gasteiger partial charge in [0.2, 0.25) is 0 Å². The Labute approximate surface area is 84.1 Å². The highest BCUT2D eigenvalue weighted by Gasteiger charge is 2.08. The molecule has 0 aliphatic heterocycles. The van der Waals surface area contributed by atoms with Crippen molar-refractivity contribution in [3.8, 4) is 6.07 Å². The number of pyridine rings is 1. The van der Waals surface area contributed by atoms with E-state index >= 15 is 0 Å². The molecule has 1 rings (SSSR count). The molecule has 3 heteroatoms. The van der Waals surface area contributed by atoms with Crippen LogP contribution in [0, 0.1) is 30.6 Å². The summed E-state index contributed by atoms with van der Waals surface area (Å²) in [5.41, 5.74) is 2.71. The third kappa shape index (κ3) is 1.56. The summed E-state index contributed by atoms with van der Waals surface area (Å²) in [6.45, 7) is 7.86. The molecule has 0 aliphatic rings. The standard InChI is InChI=1S/C11H15N3/c1-7(2)14-9(4)5-8(3)10(6-12)11(14)13/h5,7,13H,1-4H3. The van der Waals surface area contributed by atoms with Crippen molar-refractivity contribution in [1.82, 2.24) is 4.57 Å². The maximum atomic E-state index is 8.91. The monoisotopic (exact) mass is 189 g/mol. The first-order chi connectivity index (χ1) is 6.49. The van der Waals surface area contributed by atoms with Crippen molar-refractivity contribution >= 4 is 0 Å². The zero-order chi connectivity index (χ0) is 10.9. The Bertz CT molecular complexity index is 447. The van der Waals surface area contributed by atoms with Gasteiger partial charge in [-0.2, -0.15) is 5.26 Å². The second-order valence-corrected chi connectivity index (χ2v) is 3.77. The van der Waals surface area contributed by atoms with Gasteiger partial charge in [0.1, 0.15) is 11.6 Å². The summed E-state index contributed by atoms with van der Waals surface area (Å²) < 4.78 is 1.87. The first kappa shape index (κ1) is 10.5. The molecule has 0 amide bonds. The Balaban J connectivity index is 3.63. The summed E-state index contributed by atoms with van der Waals surface area (Å²) in [5, 5.41) is 16.8. The summed E-state index contributed by atoms with van der Waals surface area (Å²) in [7, 11) is 0. The average molecular weight is 189 g/mol. The van der Waals surface area contributed by atoms with E-state index in [0.717, 1.165) is 11.3 Å². The number of nitrogens with one attached hydrogen (secondary N) is 1. The van der Waals surface area contributed by atoms with Gasteiger partial charge in [0.25, 0.3) is 0 Å². The summed E-state index contributed by atoms with van der Waals surface area (Å²) in [6, 6.07) is 4.25. The number of nitriles is 1. The van der Waals surface area contributed by atoms with E-state index in [4.69, 9.17) is 10.7 Å². The summed E-state index contributed by atoms with van der Waals surface area (Å²) >= 11 is 0. The van der Waals surface area contributed by atoms with Crippen LogP contribution in [0.1, 0.15) is 36.7 Å². The maximum Gasteiger partial charge on any atom is 0.143 e. The van der Waals surface area contributed by atoms with E-state index < -0.39 is 0 Å². The van der Waals surface area contributed by atoms with Crippen LogP contribution >= 0.6 is 0 Å². The quantitative estimate of drug-likeness (QED) is 0.722. The third-order valence-corrected chi connectivity index (χ3v) is 2.31. The zero-order valence-electron chi connectivity index (χ0n) is 9.05. The van der Waals surface area contributed by atoms with Gasteiger partial charge in [0, 0.05) is 11.7 Å². The highest BCUT2D eigenvalue weighted by molar-refractivity contribution is 5.35. The Morgan fingerprint density at radius 1 is 1.43 bits per heavy atom. The highest BCUT2D eigenvalue weighted by Crippen LogP contribution is 2.09. The van der Waals surface area contributed by atoms with Crippen LogP contribution in [-0.2, 0) is 0 Å². The summed E-state index contributed by atoms with van der Waals surface area (Å²) in [5.74, 6) is 0. The van der Waals surface area contributed by atoms with Gasteiger partial charge in [-0.25, -0.2) is 0 Å². The molecule has 1 aromatic heterocycles. The van der Waals surface area contributed by atoms with E-state index in [0.29, 0.717) is 11.1 Å². The van der Waals surface area contributed by atoms with Crippen LogP contribution in [0.2, 0.25) is 0 Å². The number of hydrogen-bond acceptors (Lipinski definition) is 2. The van der Waals surface area contributed by atoms with Crippen LogP contribution in [0.3, 0.4) is 0 Å². The molecule has 3 nitrogen and oxygen atoms in total. The first-order valence-corrected chi connectivity index (χ1v) is 4.66. The van der Waals surface area contributed by atoms with E-state index in [1.54, 1.807) is 0 Å². The lowest BCUT2D eigenvalue weighted by Gasteiger charge is -2.16. The highest BCUT2D eigenvalue weighted by atomic mass is 15.0. The molecule has 1 aromatic rings. The molecule has 0 bridgehead atoms. The molecule has 1 N–H and O–H groups in total. The second kappa shape index (κ2) is 3.67. The summed E-state index contributed by atoms with van der Waals surface area (Å²) in [6.07, 6.45) is 0. The first-order valence-electron chi connectivity index (χ1n) is 4.66. The molecular formula is C11H15N3. The molecule has 0 spiro atoms. The molecule has 0 aliphatic carbocycles. The Morgan fingerprint density at radius 2 is 2.00 bits per heavy atom. The number of aromatic nitrogens is 1. The lowest BCUT2D eigenvalue weighted by atomic mass is 10.1. The van der Waals surface area contributed by atoms with Crippen molar-refractivity contribution in [3.05, 3.63) is 28.4 Å². The molecule has 0 unspecified atom stereocenters. The second-order valence-electron chi connectivity index (χ2n) is 3.77. The van der Waals surface area contributed by atoms with Crippen molar-refractivity contribution in [2.24, 2.45) is 0 Å². The van der Waals surface area contributed by atoms with Gasteiger partial charge in [0.05, 0.1) is 5.56 Å². The van der Waals surface area contributed by atoms with Crippen LogP contribution in [0.5, 0.6) is 0 Å². The van der Waals surface area contributed by atoms with Crippen LogP contribution in [-0.4, -0.2) is 4.57 Å². The van der Waals surface area contributed by atoms with E-state index in [1.807, 2.05) is 38.3 Å². The van der Waals surface area contributed by atoms with Crippen molar-refractivity contribution in [2.75, 3.05) is 0 Å². The van der Waals surface area contributed by atoms with E-state index in [-0.39, 0.29) is 6.04 Å². The molecule has 1 heterocycles. The normalized spacial score (nSPS) is 10.3. The van der Waals surface area contributed by atoms with Crippen molar-refractivity contribution < 1.29 is 0 Å². The Hall–Kier alpha value is -1.56. The molecule has 0 fully saturated rings. The SMILES string of the molecule is Cc1cc(C)n(C(C)C)c(=N)c1C#N. The average Bonchev–Trinajstić information content (AvgIpc) is 2.02. The molecule has 0 atom stereocenters. The predicted molar refractivity (Wildman–Crippen MR) is 54.9 cm³/mol. The minimum Gasteiger partial charge on any atom is -0.327 e. The van der Waals surface area contributed by atoms with Crippen LogP contribution in [0.25, 0.3) is 0 Å². The van der Waals surface area contributed by atoms with E-state index in [1.165, 1.54) is 0 Å². The van der Waals surface area contributed by atoms with Gasteiger partial charge in [-0.05, 0) is 39.3 Å². The maximum absolute atomic E-state index is 8.91. The minimum atomic E-state index is 0.218. The lowest BCUT2D eigenvalue weighted by molar-refractivity contribution is 0.548. The van der Waals surface area contributed by atoms with Gasteiger partial charge in [-0.15, -0.1) is 0 Å². The van der Waals surface area contributed by atoms with Crippen molar-refractivity contribution in [1.29, 1.82) is 10.7 Å². The van der Waals surface area contributed by atoms with Crippen LogP contribution in [0.15, 0.2) is 6.07 Å². The van der Waals surface area contributed by atoms with Crippen LogP contribution < -0.4 is 5.49 Å². The molecule has 0 aromatic carbocycles. The molecular weight excluding hydrogens is 174 g/mol. The van der Waals surface area contributed by atoms with Crippen LogP contribution in [0.4, 0.5) is 0 Å². The summed E-state index contributed by atoms with van der Waals surface area (Å²) in [4.78, 5) is 0. The van der Waals surface area contributed by atoms with Gasteiger partial charge in [-0.3, -0.25) is 5.41 Å². The molecule has 0 radical (unpaired) electrons. The van der Waals surface area contributed by atoms with Crippen molar-refractivity contribution in [3.63, 3.8) is 0 Å². The number of rotatable bonds is 1. The molecule has 14 heavy (non-hydrogen) atoms. The van der Waals surface area contributed by atoms with Crippen molar-refractivity contribution in [2.45, 2.75) is 33.7 Å². The third-order valence-electron chi connectivity index (χ3n) is 2.31. The zero-order valence-corrected chi connectivity index (χ0v) is 9.05. The fourth-order valence-corrected chi connectivity index (χ4v) is 1.75. The van der Waals surface area contributed by atoms with Gasteiger partial charge >= 0.3 is 0 Å². The Kier molecular flexibility index (Phi) is 2.76. The van der Waals surface area contributed by atoms with Gasteiger partial charge in [0.15, 0.2) is 0 Å². The predicted octanol–water partition coefficient (Wildman–Crippen LogP) is 2.04. The molecule has 74 valence electrons. The largest absolute Gasteiger partial charge is 0.327 e. The Morgan fingerprint density at radius 3 is 2.43 bits per heavy atom. The molecule has 0 saturated heterocycles. The fraction of sp³-hybridized carbons (Fsp3) is 0.455. The number of aryl methyl sites for hydroxylation is 2. The van der Waals surface area contributed by atoms with E-state index in [9.17, 15) is 0 Å². The topological polar surface area (TPSA) is 52.6 Å². The smallest absolute Gasteiger partial charge is 0.143 e. The number of hydrogen-bond donors (Lipinski definition) is 1.